The molecule has 2 rings (SSSR count). The number of esters is 1. The Hall–Kier alpha value is -2.94. The van der Waals surface area contributed by atoms with Gasteiger partial charge in [-0.2, -0.15) is 0 Å². The molecule has 1 amide bonds. The number of ketones is 2. The predicted octanol–water partition coefficient (Wildman–Crippen LogP) is 3.68. The van der Waals surface area contributed by atoms with E-state index in [4.69, 9.17) is 0 Å². The molecular weight excluding hydrogens is 416 g/mol. The second-order valence-corrected chi connectivity index (χ2v) is 7.85. The molecule has 0 unspecified atom stereocenters. The van der Waals surface area contributed by atoms with E-state index in [0.29, 0.717) is 4.88 Å². The summed E-state index contributed by atoms with van der Waals surface area (Å²) in [5.41, 5.74) is -0.377. The summed E-state index contributed by atoms with van der Waals surface area (Å²) in [6.07, 6.45) is -0.390. The van der Waals surface area contributed by atoms with Crippen molar-refractivity contribution in [2.45, 2.75) is 38.6 Å². The molecule has 160 valence electrons. The van der Waals surface area contributed by atoms with Gasteiger partial charge in [0.25, 0.3) is 0 Å². The average molecular weight is 437 g/mol. The van der Waals surface area contributed by atoms with Crippen molar-refractivity contribution in [3.8, 4) is 0 Å². The maximum Gasteiger partial charge on any atom is 0.333 e. The van der Waals surface area contributed by atoms with Crippen molar-refractivity contribution in [2.75, 3.05) is 7.11 Å². The summed E-state index contributed by atoms with van der Waals surface area (Å²) in [4.78, 5) is 49.7. The van der Waals surface area contributed by atoms with Crippen molar-refractivity contribution in [2.24, 2.45) is 0 Å². The zero-order chi connectivity index (χ0) is 22.3. The molecule has 9 heteroatoms. The lowest BCUT2D eigenvalue weighted by Gasteiger charge is -2.17. The Morgan fingerprint density at radius 1 is 1.03 bits per heavy atom. The number of hydrogen-bond acceptors (Lipinski definition) is 6. The highest BCUT2D eigenvalue weighted by molar-refractivity contribution is 7.14. The highest BCUT2D eigenvalue weighted by Crippen LogP contribution is 2.21. The minimum Gasteiger partial charge on any atom is -0.467 e. The molecule has 6 nitrogen and oxygen atoms in total. The number of aryl methyl sites for hydroxylation is 1. The van der Waals surface area contributed by atoms with E-state index in [1.165, 1.54) is 11.3 Å². The van der Waals surface area contributed by atoms with Gasteiger partial charge in [-0.25, -0.2) is 13.6 Å². The second kappa shape index (κ2) is 10.7. The third kappa shape index (κ3) is 6.55. The topological polar surface area (TPSA) is 89.5 Å². The maximum absolute atomic E-state index is 14.0. The van der Waals surface area contributed by atoms with Crippen LogP contribution in [0.3, 0.4) is 0 Å². The lowest BCUT2D eigenvalue weighted by molar-refractivity contribution is -0.145. The number of Topliss-reactive ketones (excluding diaryl/α,β-unsaturated/α-hetero) is 2. The van der Waals surface area contributed by atoms with Gasteiger partial charge in [0.05, 0.1) is 12.0 Å². The molecule has 0 saturated carbocycles. The van der Waals surface area contributed by atoms with Gasteiger partial charge in [0.15, 0.2) is 11.8 Å². The smallest absolute Gasteiger partial charge is 0.333 e. The summed E-state index contributed by atoms with van der Waals surface area (Å²) >= 11 is 1.35. The molecule has 0 radical (unpaired) electrons. The van der Waals surface area contributed by atoms with E-state index in [0.717, 1.165) is 30.2 Å². The van der Waals surface area contributed by atoms with Gasteiger partial charge in [0.2, 0.25) is 5.91 Å². The van der Waals surface area contributed by atoms with Crippen molar-refractivity contribution in [1.29, 1.82) is 0 Å². The van der Waals surface area contributed by atoms with Crippen LogP contribution in [0.15, 0.2) is 30.3 Å². The monoisotopic (exact) mass is 437 g/mol. The third-order valence-electron chi connectivity index (χ3n) is 4.29. The van der Waals surface area contributed by atoms with E-state index in [1.54, 1.807) is 6.07 Å². The largest absolute Gasteiger partial charge is 0.467 e. The Labute approximate surface area is 176 Å². The first-order valence-electron chi connectivity index (χ1n) is 9.14. The van der Waals surface area contributed by atoms with Gasteiger partial charge in [-0.15, -0.1) is 11.3 Å². The van der Waals surface area contributed by atoms with Crippen LogP contribution in [0.1, 0.15) is 51.8 Å². The summed E-state index contributed by atoms with van der Waals surface area (Å²) < 4.78 is 32.0. The number of amides is 1. The fourth-order valence-corrected chi connectivity index (χ4v) is 3.52. The first-order valence-corrected chi connectivity index (χ1v) is 9.96. The zero-order valence-electron chi connectivity index (χ0n) is 16.5. The number of nitrogens with one attached hydrogen (secondary N) is 1. The van der Waals surface area contributed by atoms with Crippen molar-refractivity contribution in [3.63, 3.8) is 0 Å². The zero-order valence-corrected chi connectivity index (χ0v) is 17.3. The van der Waals surface area contributed by atoms with Gasteiger partial charge >= 0.3 is 5.97 Å². The lowest BCUT2D eigenvalue weighted by Crippen LogP contribution is -2.35. The number of halogens is 2. The molecule has 0 aliphatic heterocycles. The van der Waals surface area contributed by atoms with Crippen LogP contribution < -0.4 is 5.32 Å². The maximum atomic E-state index is 14.0. The van der Waals surface area contributed by atoms with Crippen LogP contribution in [-0.4, -0.2) is 30.6 Å². The molecule has 1 N–H and O–H groups in total. The van der Waals surface area contributed by atoms with Gasteiger partial charge < -0.3 is 10.1 Å². The summed E-state index contributed by atoms with van der Waals surface area (Å²) in [7, 11) is 1.05. The van der Waals surface area contributed by atoms with Crippen molar-refractivity contribution in [1.82, 2.24) is 5.32 Å². The normalized spacial score (nSPS) is 11.6. The lowest BCUT2D eigenvalue weighted by atomic mass is 10.0. The van der Waals surface area contributed by atoms with E-state index < -0.39 is 29.6 Å². The summed E-state index contributed by atoms with van der Waals surface area (Å²) in [5, 5.41) is 2.26. The third-order valence-corrected chi connectivity index (χ3v) is 5.33. The molecule has 0 bridgehead atoms. The van der Waals surface area contributed by atoms with Crippen LogP contribution >= 0.6 is 11.3 Å². The highest BCUT2D eigenvalue weighted by atomic mass is 32.1. The standard InChI is InChI=1S/C21H21F2NO5S/c1-12-3-9-18(30-12)17(26)8-5-14(25)6-10-19(27)24-20(21(28)29-2)15-11-13(22)4-7-16(15)23/h3-4,7,9,11,20H,5-6,8,10H2,1-2H3,(H,24,27)/t20-/m1/s1. The Balaban J connectivity index is 1.89. The van der Waals surface area contributed by atoms with Crippen molar-refractivity contribution >= 4 is 34.8 Å². The van der Waals surface area contributed by atoms with Crippen LogP contribution in [-0.2, 0) is 19.1 Å². The average Bonchev–Trinajstić information content (AvgIpc) is 3.16. The van der Waals surface area contributed by atoms with Crippen LogP contribution in [0.25, 0.3) is 0 Å². The Morgan fingerprint density at radius 3 is 2.37 bits per heavy atom. The minimum atomic E-state index is -1.54. The van der Waals surface area contributed by atoms with E-state index >= 15 is 0 Å². The summed E-state index contributed by atoms with van der Waals surface area (Å²) in [6.45, 7) is 1.88. The van der Waals surface area contributed by atoms with Crippen LogP contribution in [0.5, 0.6) is 0 Å². The molecule has 0 saturated heterocycles. The quantitative estimate of drug-likeness (QED) is 0.452. The highest BCUT2D eigenvalue weighted by Gasteiger charge is 2.27. The number of carbonyl (C=O) groups is 4. The van der Waals surface area contributed by atoms with Gasteiger partial charge in [0, 0.05) is 36.1 Å². The van der Waals surface area contributed by atoms with E-state index in [2.05, 4.69) is 10.1 Å². The molecule has 0 aliphatic carbocycles. The van der Waals surface area contributed by atoms with Crippen LogP contribution in [0, 0.1) is 18.6 Å². The Morgan fingerprint density at radius 2 is 1.73 bits per heavy atom. The van der Waals surface area contributed by atoms with Gasteiger partial charge in [-0.05, 0) is 37.3 Å². The van der Waals surface area contributed by atoms with E-state index in [9.17, 15) is 28.0 Å². The molecule has 0 fully saturated rings. The SMILES string of the molecule is COC(=O)[C@H](NC(=O)CCC(=O)CCC(=O)c1ccc(C)s1)c1cc(F)ccc1F. The molecule has 1 aromatic carbocycles. The molecule has 1 heterocycles. The molecule has 0 aliphatic rings. The molecular formula is C21H21F2NO5S. The van der Waals surface area contributed by atoms with E-state index in [-0.39, 0.29) is 42.8 Å². The number of ether oxygens (including phenoxy) is 1. The fraction of sp³-hybridized carbons (Fsp3) is 0.333. The number of hydrogen-bond donors (Lipinski definition) is 1. The predicted molar refractivity (Wildman–Crippen MR) is 106 cm³/mol. The fourth-order valence-electron chi connectivity index (χ4n) is 2.69. The number of carbonyl (C=O) groups excluding carboxylic acids is 4. The van der Waals surface area contributed by atoms with Gasteiger partial charge in [-0.1, -0.05) is 0 Å². The number of thiophene rings is 1. The molecule has 30 heavy (non-hydrogen) atoms. The van der Waals surface area contributed by atoms with Crippen molar-refractivity contribution < 1.29 is 32.7 Å². The number of methoxy groups -OCH3 is 1. The van der Waals surface area contributed by atoms with Gasteiger partial charge in [0.1, 0.15) is 17.4 Å². The summed E-state index contributed by atoms with van der Waals surface area (Å²) in [6, 6.07) is 4.49. The van der Waals surface area contributed by atoms with Crippen LogP contribution in [0.2, 0.25) is 0 Å². The Kier molecular flexibility index (Phi) is 8.35. The van der Waals surface area contributed by atoms with Gasteiger partial charge in [-0.3, -0.25) is 14.4 Å². The van der Waals surface area contributed by atoms with Crippen molar-refractivity contribution in [3.05, 3.63) is 57.3 Å². The number of rotatable bonds is 10. The second-order valence-electron chi connectivity index (χ2n) is 6.56. The van der Waals surface area contributed by atoms with E-state index in [1.807, 2.05) is 13.0 Å². The van der Waals surface area contributed by atoms with Crippen LogP contribution in [0.4, 0.5) is 8.78 Å². The molecule has 1 aromatic heterocycles. The molecule has 1 atom stereocenters. The first-order chi connectivity index (χ1) is 14.2. The minimum absolute atomic E-state index is 0.0119. The summed E-state index contributed by atoms with van der Waals surface area (Å²) in [5.74, 6) is -3.78. The Bertz CT molecular complexity index is 957. The first kappa shape index (κ1) is 23.3. The number of benzene rings is 1. The molecule has 2 aromatic rings. The molecule has 0 spiro atoms.